The summed E-state index contributed by atoms with van der Waals surface area (Å²) in [5.41, 5.74) is 1.25. The molecule has 0 radical (unpaired) electrons. The molecule has 0 aliphatic carbocycles. The first-order chi connectivity index (χ1) is 10.7. The highest BCUT2D eigenvalue weighted by molar-refractivity contribution is 7.89. The van der Waals surface area contributed by atoms with E-state index in [2.05, 4.69) is 4.98 Å². The molecule has 1 aromatic carbocycles. The van der Waals surface area contributed by atoms with E-state index < -0.39 is 22.0 Å². The number of carboxylic acid groups (broad SMARTS) is 1. The first kappa shape index (κ1) is 17.1. The number of carboxylic acids is 1. The van der Waals surface area contributed by atoms with E-state index in [0.717, 1.165) is 5.56 Å². The summed E-state index contributed by atoms with van der Waals surface area (Å²) in [4.78, 5) is 15.0. The number of benzene rings is 1. The van der Waals surface area contributed by atoms with Gasteiger partial charge in [-0.05, 0) is 49.2 Å². The summed E-state index contributed by atoms with van der Waals surface area (Å²) in [6, 6.07) is 7.18. The maximum atomic E-state index is 12.9. The Morgan fingerprint density at radius 3 is 2.39 bits per heavy atom. The molecule has 1 atom stereocenters. The van der Waals surface area contributed by atoms with Crippen LogP contribution in [0.3, 0.4) is 0 Å². The lowest BCUT2D eigenvalue weighted by atomic mass is 10.1. The Kier molecular flexibility index (Phi) is 4.82. The number of aryl methyl sites for hydroxylation is 1. The minimum atomic E-state index is -3.82. The van der Waals surface area contributed by atoms with Crippen molar-refractivity contribution in [1.82, 2.24) is 9.29 Å². The van der Waals surface area contributed by atoms with Crippen molar-refractivity contribution in [3.8, 4) is 0 Å². The largest absolute Gasteiger partial charge is 0.478 e. The minimum Gasteiger partial charge on any atom is -0.478 e. The van der Waals surface area contributed by atoms with Gasteiger partial charge < -0.3 is 5.11 Å². The maximum absolute atomic E-state index is 12.9. The van der Waals surface area contributed by atoms with Crippen LogP contribution in [0.4, 0.5) is 0 Å². The van der Waals surface area contributed by atoms with E-state index in [4.69, 9.17) is 5.11 Å². The summed E-state index contributed by atoms with van der Waals surface area (Å²) in [5, 5.41) is 9.08. The molecule has 2 aromatic rings. The Morgan fingerprint density at radius 1 is 1.22 bits per heavy atom. The predicted octanol–water partition coefficient (Wildman–Crippen LogP) is 2.47. The van der Waals surface area contributed by atoms with Crippen molar-refractivity contribution in [3.63, 3.8) is 0 Å². The van der Waals surface area contributed by atoms with Gasteiger partial charge in [-0.2, -0.15) is 4.31 Å². The number of carbonyl (C=O) groups is 1. The normalized spacial score (nSPS) is 13.0. The highest BCUT2D eigenvalue weighted by Gasteiger charge is 2.28. The summed E-state index contributed by atoms with van der Waals surface area (Å²) in [7, 11) is -2.34. The number of pyridine rings is 1. The molecule has 1 heterocycles. The molecule has 0 bridgehead atoms. The van der Waals surface area contributed by atoms with Crippen LogP contribution in [0.25, 0.3) is 0 Å². The molecule has 0 fully saturated rings. The van der Waals surface area contributed by atoms with Crippen molar-refractivity contribution >= 4 is 16.0 Å². The second-order valence-corrected chi connectivity index (χ2v) is 7.23. The zero-order valence-electron chi connectivity index (χ0n) is 13.1. The molecular formula is C16H18N2O4S. The minimum absolute atomic E-state index is 0.000746. The van der Waals surface area contributed by atoms with Crippen LogP contribution in [0.15, 0.2) is 47.6 Å². The molecule has 1 aromatic heterocycles. The van der Waals surface area contributed by atoms with Gasteiger partial charge in [0.1, 0.15) is 0 Å². The van der Waals surface area contributed by atoms with Crippen LogP contribution < -0.4 is 0 Å². The van der Waals surface area contributed by atoms with Crippen LogP contribution in [0.5, 0.6) is 0 Å². The topological polar surface area (TPSA) is 87.6 Å². The summed E-state index contributed by atoms with van der Waals surface area (Å²) >= 11 is 0. The van der Waals surface area contributed by atoms with E-state index >= 15 is 0 Å². The number of nitrogens with zero attached hydrogens (tertiary/aromatic N) is 2. The fraction of sp³-hybridized carbons (Fsp3) is 0.250. The molecule has 6 nitrogen and oxygen atoms in total. The number of sulfonamides is 1. The van der Waals surface area contributed by atoms with Gasteiger partial charge in [-0.1, -0.05) is 6.07 Å². The van der Waals surface area contributed by atoms with E-state index in [1.807, 2.05) is 0 Å². The van der Waals surface area contributed by atoms with Crippen LogP contribution >= 0.6 is 0 Å². The van der Waals surface area contributed by atoms with Gasteiger partial charge in [0.15, 0.2) is 0 Å². The van der Waals surface area contributed by atoms with Gasteiger partial charge in [-0.25, -0.2) is 13.2 Å². The molecule has 1 unspecified atom stereocenters. The Labute approximate surface area is 135 Å². The highest BCUT2D eigenvalue weighted by atomic mass is 32.2. The van der Waals surface area contributed by atoms with Gasteiger partial charge in [0, 0.05) is 25.5 Å². The summed E-state index contributed by atoms with van der Waals surface area (Å²) in [6.07, 6.45) is 3.20. The lowest BCUT2D eigenvalue weighted by Crippen LogP contribution is -2.30. The van der Waals surface area contributed by atoms with Gasteiger partial charge in [-0.3, -0.25) is 4.98 Å². The number of rotatable bonds is 5. The molecule has 0 spiro atoms. The van der Waals surface area contributed by atoms with Crippen molar-refractivity contribution in [2.45, 2.75) is 24.8 Å². The lowest BCUT2D eigenvalue weighted by Gasteiger charge is -2.25. The van der Waals surface area contributed by atoms with E-state index in [0.29, 0.717) is 5.56 Å². The monoisotopic (exact) mass is 334 g/mol. The molecule has 0 aliphatic heterocycles. The molecule has 2 rings (SSSR count). The Morgan fingerprint density at radius 2 is 1.83 bits per heavy atom. The van der Waals surface area contributed by atoms with Gasteiger partial charge >= 0.3 is 5.97 Å². The fourth-order valence-corrected chi connectivity index (χ4v) is 3.83. The van der Waals surface area contributed by atoms with Crippen molar-refractivity contribution < 1.29 is 18.3 Å². The van der Waals surface area contributed by atoms with Crippen LogP contribution in [0, 0.1) is 6.92 Å². The number of hydrogen-bond acceptors (Lipinski definition) is 4. The highest BCUT2D eigenvalue weighted by Crippen LogP contribution is 2.27. The number of aromatic nitrogens is 1. The molecule has 1 N–H and O–H groups in total. The van der Waals surface area contributed by atoms with Gasteiger partial charge in [0.25, 0.3) is 0 Å². The molecule has 0 saturated heterocycles. The quantitative estimate of drug-likeness (QED) is 0.907. The van der Waals surface area contributed by atoms with Crippen LogP contribution in [0.2, 0.25) is 0 Å². The average molecular weight is 334 g/mol. The van der Waals surface area contributed by atoms with Crippen molar-refractivity contribution in [2.24, 2.45) is 0 Å². The van der Waals surface area contributed by atoms with Crippen molar-refractivity contribution in [3.05, 3.63) is 59.4 Å². The zero-order chi connectivity index (χ0) is 17.2. The Balaban J connectivity index is 2.45. The zero-order valence-corrected chi connectivity index (χ0v) is 13.9. The molecule has 0 aliphatic rings. The summed E-state index contributed by atoms with van der Waals surface area (Å²) in [5.74, 6) is -1.16. The van der Waals surface area contributed by atoms with E-state index in [-0.39, 0.29) is 10.5 Å². The SMILES string of the molecule is Cc1ccc(C(=O)O)cc1S(=O)(=O)N(C)C(C)c1ccncc1. The third kappa shape index (κ3) is 3.40. The number of aromatic carboxylic acids is 1. The standard InChI is InChI=1S/C16H18N2O4S/c1-11-4-5-14(16(19)20)10-15(11)23(21,22)18(3)12(2)13-6-8-17-9-7-13/h4-10,12H,1-3H3,(H,19,20). The first-order valence-corrected chi connectivity index (χ1v) is 8.41. The predicted molar refractivity (Wildman–Crippen MR) is 85.7 cm³/mol. The molecule has 122 valence electrons. The summed E-state index contributed by atoms with van der Waals surface area (Å²) < 4.78 is 27.0. The Hall–Kier alpha value is -2.25. The third-order valence-electron chi connectivity index (χ3n) is 3.83. The molecule has 0 saturated carbocycles. The van der Waals surface area contributed by atoms with Crippen LogP contribution in [0.1, 0.15) is 34.5 Å². The summed E-state index contributed by atoms with van der Waals surface area (Å²) in [6.45, 7) is 3.41. The fourth-order valence-electron chi connectivity index (χ4n) is 2.23. The van der Waals surface area contributed by atoms with E-state index in [9.17, 15) is 13.2 Å². The number of hydrogen-bond donors (Lipinski definition) is 1. The maximum Gasteiger partial charge on any atom is 0.335 e. The van der Waals surface area contributed by atoms with Gasteiger partial charge in [-0.15, -0.1) is 0 Å². The molecule has 7 heteroatoms. The molecule has 0 amide bonds. The smallest absolute Gasteiger partial charge is 0.335 e. The Bertz CT molecular complexity index is 819. The van der Waals surface area contributed by atoms with E-state index in [1.54, 1.807) is 38.4 Å². The molecule has 23 heavy (non-hydrogen) atoms. The van der Waals surface area contributed by atoms with Gasteiger partial charge in [0.2, 0.25) is 10.0 Å². The second-order valence-electron chi connectivity index (χ2n) is 5.26. The van der Waals surface area contributed by atoms with Gasteiger partial charge in [0.05, 0.1) is 10.5 Å². The molecular weight excluding hydrogens is 316 g/mol. The van der Waals surface area contributed by atoms with Crippen LogP contribution in [-0.4, -0.2) is 35.8 Å². The van der Waals surface area contributed by atoms with Crippen molar-refractivity contribution in [2.75, 3.05) is 7.05 Å². The first-order valence-electron chi connectivity index (χ1n) is 6.97. The van der Waals surface area contributed by atoms with E-state index in [1.165, 1.54) is 29.6 Å². The average Bonchev–Trinajstić information content (AvgIpc) is 2.54. The van der Waals surface area contributed by atoms with Crippen LogP contribution in [-0.2, 0) is 10.0 Å². The third-order valence-corrected chi connectivity index (χ3v) is 5.90. The lowest BCUT2D eigenvalue weighted by molar-refractivity contribution is 0.0696. The second kappa shape index (κ2) is 6.47. The van der Waals surface area contributed by atoms with Crippen molar-refractivity contribution in [1.29, 1.82) is 0 Å².